The Bertz CT molecular complexity index is 1100. The van der Waals surface area contributed by atoms with E-state index in [0.717, 1.165) is 47.5 Å². The number of alkyl halides is 3. The second-order valence-electron chi connectivity index (χ2n) is 7.62. The first-order chi connectivity index (χ1) is 14.7. The number of piperazine rings is 1. The van der Waals surface area contributed by atoms with Gasteiger partial charge in [-0.25, -0.2) is 9.78 Å². The Labute approximate surface area is 175 Å². The molecular weight excluding hydrogens is 415 g/mol. The van der Waals surface area contributed by atoms with E-state index in [9.17, 15) is 13.2 Å². The van der Waals surface area contributed by atoms with Crippen molar-refractivity contribution in [3.05, 3.63) is 24.3 Å². The molecule has 0 amide bonds. The Morgan fingerprint density at radius 3 is 2.65 bits per heavy atom. The predicted molar refractivity (Wildman–Crippen MR) is 109 cm³/mol. The van der Waals surface area contributed by atoms with E-state index in [-0.39, 0.29) is 0 Å². The molecule has 0 aliphatic carbocycles. The highest BCUT2D eigenvalue weighted by Gasteiger charge is 2.38. The minimum Gasteiger partial charge on any atom is -0.475 e. The van der Waals surface area contributed by atoms with Crippen LogP contribution in [-0.2, 0) is 4.79 Å². The van der Waals surface area contributed by atoms with Crippen LogP contribution in [0.4, 0.5) is 24.9 Å². The van der Waals surface area contributed by atoms with Crippen LogP contribution in [0.15, 0.2) is 28.7 Å². The van der Waals surface area contributed by atoms with Gasteiger partial charge in [-0.3, -0.25) is 4.90 Å². The van der Waals surface area contributed by atoms with E-state index in [1.54, 1.807) is 0 Å². The summed E-state index contributed by atoms with van der Waals surface area (Å²) in [6.45, 7) is 4.25. The van der Waals surface area contributed by atoms with E-state index < -0.39 is 12.1 Å². The number of nitrogen functional groups attached to an aromatic ring is 1. The van der Waals surface area contributed by atoms with E-state index >= 15 is 0 Å². The lowest BCUT2D eigenvalue weighted by Crippen LogP contribution is -2.55. The first-order valence-electron chi connectivity index (χ1n) is 9.98. The lowest BCUT2D eigenvalue weighted by Gasteiger charge is -2.44. The molecule has 5 rings (SSSR count). The molecule has 3 aromatic rings. The van der Waals surface area contributed by atoms with Gasteiger partial charge in [0.2, 0.25) is 5.95 Å². The third-order valence-electron chi connectivity index (χ3n) is 5.60. The lowest BCUT2D eigenvalue weighted by molar-refractivity contribution is -0.192. The molecular formula is C20H22F3N5O3. The third kappa shape index (κ3) is 4.36. The fraction of sp³-hybridized carbons (Fsp3) is 0.450. The topological polar surface area (TPSA) is 109 Å². The molecule has 1 unspecified atom stereocenters. The van der Waals surface area contributed by atoms with Crippen LogP contribution in [0, 0.1) is 0 Å². The van der Waals surface area contributed by atoms with Crippen LogP contribution in [0.3, 0.4) is 0 Å². The Balaban J connectivity index is 0.000000289. The molecule has 0 spiro atoms. The van der Waals surface area contributed by atoms with Crippen LogP contribution in [0.5, 0.6) is 0 Å². The molecule has 2 aliphatic rings. The van der Waals surface area contributed by atoms with E-state index in [1.807, 2.05) is 24.3 Å². The maximum absolute atomic E-state index is 10.6. The summed E-state index contributed by atoms with van der Waals surface area (Å²) in [7, 11) is 0. The first-order valence-corrected chi connectivity index (χ1v) is 9.98. The molecule has 0 radical (unpaired) electrons. The number of carboxylic acids is 1. The molecule has 4 heterocycles. The summed E-state index contributed by atoms with van der Waals surface area (Å²) in [6.07, 6.45) is -1.17. The zero-order valence-electron chi connectivity index (χ0n) is 16.6. The molecule has 1 atom stereocenters. The molecule has 1 aromatic carbocycles. The van der Waals surface area contributed by atoms with Crippen LogP contribution in [0.2, 0.25) is 0 Å². The second kappa shape index (κ2) is 8.22. The lowest BCUT2D eigenvalue weighted by atomic mass is 9.99. The number of furan rings is 1. The fourth-order valence-electron chi connectivity index (χ4n) is 4.16. The Hall–Kier alpha value is -3.08. The Morgan fingerprint density at radius 2 is 1.90 bits per heavy atom. The number of para-hydroxylation sites is 1. The smallest absolute Gasteiger partial charge is 0.475 e. The number of hydrogen-bond donors (Lipinski definition) is 2. The van der Waals surface area contributed by atoms with Crippen LogP contribution >= 0.6 is 0 Å². The monoisotopic (exact) mass is 437 g/mol. The molecule has 31 heavy (non-hydrogen) atoms. The summed E-state index contributed by atoms with van der Waals surface area (Å²) in [6, 6.07) is 8.58. The van der Waals surface area contributed by atoms with Gasteiger partial charge in [0, 0.05) is 31.1 Å². The van der Waals surface area contributed by atoms with Crippen molar-refractivity contribution in [3.8, 4) is 0 Å². The first kappa shape index (κ1) is 21.2. The summed E-state index contributed by atoms with van der Waals surface area (Å²) >= 11 is 0. The number of piperidine rings is 1. The van der Waals surface area contributed by atoms with Crippen molar-refractivity contribution in [1.82, 2.24) is 14.9 Å². The van der Waals surface area contributed by atoms with Gasteiger partial charge in [-0.2, -0.15) is 18.2 Å². The number of carbonyl (C=O) groups is 1. The van der Waals surface area contributed by atoms with Crippen LogP contribution < -0.4 is 10.6 Å². The largest absolute Gasteiger partial charge is 0.490 e. The normalized spacial score (nSPS) is 19.7. The average Bonchev–Trinajstić information content (AvgIpc) is 3.11. The second-order valence-corrected chi connectivity index (χ2v) is 7.62. The highest BCUT2D eigenvalue weighted by atomic mass is 19.4. The molecule has 8 nitrogen and oxygen atoms in total. The Kier molecular flexibility index (Phi) is 5.61. The quantitative estimate of drug-likeness (QED) is 0.597. The SMILES string of the molecule is Nc1nc(N2CCN3CCCCC3C2)c2oc3ccccc3c2n1.O=C(O)C(F)(F)F. The van der Waals surface area contributed by atoms with Crippen molar-refractivity contribution in [2.45, 2.75) is 31.5 Å². The summed E-state index contributed by atoms with van der Waals surface area (Å²) in [4.78, 5) is 22.8. The maximum atomic E-state index is 10.6. The summed E-state index contributed by atoms with van der Waals surface area (Å²) in [5.74, 6) is -1.60. The highest BCUT2D eigenvalue weighted by Crippen LogP contribution is 2.34. The van der Waals surface area contributed by atoms with Gasteiger partial charge in [-0.05, 0) is 31.5 Å². The zero-order chi connectivity index (χ0) is 22.2. The van der Waals surface area contributed by atoms with Crippen LogP contribution in [-0.4, -0.2) is 64.3 Å². The van der Waals surface area contributed by atoms with Crippen LogP contribution in [0.1, 0.15) is 19.3 Å². The molecule has 166 valence electrons. The van der Waals surface area contributed by atoms with Gasteiger partial charge in [0.25, 0.3) is 0 Å². The number of aromatic nitrogens is 2. The van der Waals surface area contributed by atoms with Gasteiger partial charge in [-0.15, -0.1) is 0 Å². The number of rotatable bonds is 1. The number of carboxylic acid groups (broad SMARTS) is 1. The summed E-state index contributed by atoms with van der Waals surface area (Å²) in [5, 5.41) is 8.12. The van der Waals surface area contributed by atoms with Crippen LogP contribution in [0.25, 0.3) is 22.1 Å². The van der Waals surface area contributed by atoms with E-state index in [1.165, 1.54) is 25.8 Å². The third-order valence-corrected chi connectivity index (χ3v) is 5.60. The standard InChI is InChI=1S/C18H21N5O.C2HF3O2/c19-18-20-15-13-6-1-2-7-14(13)24-16(15)17(21-18)23-10-9-22-8-4-3-5-12(22)11-23;3-2(4,5)1(6)7/h1-2,6-7,12H,3-5,8-11H2,(H2,19,20,21);(H,6,7). The number of aliphatic carboxylic acids is 1. The molecule has 2 saturated heterocycles. The minimum absolute atomic E-state index is 0.315. The summed E-state index contributed by atoms with van der Waals surface area (Å²) < 4.78 is 37.8. The maximum Gasteiger partial charge on any atom is 0.490 e. The molecule has 11 heteroatoms. The molecule has 3 N–H and O–H groups in total. The highest BCUT2D eigenvalue weighted by molar-refractivity contribution is 6.06. The number of halogens is 3. The zero-order valence-corrected chi connectivity index (χ0v) is 16.6. The number of hydrogen-bond acceptors (Lipinski definition) is 7. The molecule has 2 fully saturated rings. The number of anilines is 2. The fourth-order valence-corrected chi connectivity index (χ4v) is 4.16. The van der Waals surface area contributed by atoms with Gasteiger partial charge in [0.1, 0.15) is 11.1 Å². The number of nitrogens with two attached hydrogens (primary N) is 1. The van der Waals surface area contributed by atoms with Gasteiger partial charge >= 0.3 is 12.1 Å². The summed E-state index contributed by atoms with van der Waals surface area (Å²) in [5.41, 5.74) is 8.43. The van der Waals surface area contributed by atoms with Crippen molar-refractivity contribution < 1.29 is 27.5 Å². The van der Waals surface area contributed by atoms with Gasteiger partial charge < -0.3 is 20.2 Å². The number of fused-ring (bicyclic) bond motifs is 4. The molecule has 0 bridgehead atoms. The van der Waals surface area contributed by atoms with Crippen molar-refractivity contribution in [2.24, 2.45) is 0 Å². The Morgan fingerprint density at radius 1 is 1.16 bits per heavy atom. The number of benzene rings is 1. The predicted octanol–water partition coefficient (Wildman–Crippen LogP) is 3.27. The van der Waals surface area contributed by atoms with Gasteiger partial charge in [0.05, 0.1) is 0 Å². The average molecular weight is 437 g/mol. The molecule has 2 aliphatic heterocycles. The van der Waals surface area contributed by atoms with Gasteiger partial charge in [-0.1, -0.05) is 18.6 Å². The molecule has 0 saturated carbocycles. The van der Waals surface area contributed by atoms with Crippen molar-refractivity contribution in [3.63, 3.8) is 0 Å². The van der Waals surface area contributed by atoms with Gasteiger partial charge in [0.15, 0.2) is 11.4 Å². The van der Waals surface area contributed by atoms with E-state index in [0.29, 0.717) is 12.0 Å². The van der Waals surface area contributed by atoms with Crippen molar-refractivity contribution >= 4 is 39.8 Å². The van der Waals surface area contributed by atoms with Crippen molar-refractivity contribution in [1.29, 1.82) is 0 Å². The van der Waals surface area contributed by atoms with E-state index in [2.05, 4.69) is 19.8 Å². The number of nitrogens with zero attached hydrogens (tertiary/aromatic N) is 4. The molecule has 2 aromatic heterocycles. The minimum atomic E-state index is -5.08. The van der Waals surface area contributed by atoms with Crippen molar-refractivity contribution in [2.75, 3.05) is 36.8 Å². The van der Waals surface area contributed by atoms with E-state index in [4.69, 9.17) is 20.1 Å².